The van der Waals surface area contributed by atoms with Crippen LogP contribution in [0.25, 0.3) is 0 Å². The number of allylic oxidation sites excluding steroid dienone is 1. The van der Waals surface area contributed by atoms with Crippen molar-refractivity contribution in [3.63, 3.8) is 0 Å². The van der Waals surface area contributed by atoms with Gasteiger partial charge in [-0.05, 0) is 113 Å². The van der Waals surface area contributed by atoms with E-state index in [0.29, 0.717) is 43.4 Å². The molecule has 0 bridgehead atoms. The maximum atomic E-state index is 12.3. The summed E-state index contributed by atoms with van der Waals surface area (Å²) in [5.41, 5.74) is 0.970. The predicted molar refractivity (Wildman–Crippen MR) is 280 cm³/mol. The predicted octanol–water partition coefficient (Wildman–Crippen LogP) is -3.13. The highest BCUT2D eigenvalue weighted by molar-refractivity contribution is 5.26. The van der Waals surface area contributed by atoms with Gasteiger partial charge in [0.2, 0.25) is 0 Å². The first-order valence-electron chi connectivity index (χ1n) is 30.1. The molecule has 3 saturated carbocycles. The van der Waals surface area contributed by atoms with Gasteiger partial charge in [0.15, 0.2) is 37.2 Å². The molecule has 6 heterocycles. The highest BCUT2D eigenvalue weighted by Crippen LogP contribution is 2.70. The minimum atomic E-state index is -1.88. The number of hydrogen-bond donors (Lipinski definition) is 15. The van der Waals surface area contributed by atoms with Crippen LogP contribution in [-0.2, 0) is 52.1 Å². The normalized spacial score (nSPS) is 55.9. The molecule has 15 N–H and O–H groups in total. The Labute approximate surface area is 483 Å². The van der Waals surface area contributed by atoms with Gasteiger partial charge in [-0.1, -0.05) is 39.3 Å². The van der Waals surface area contributed by atoms with Crippen LogP contribution >= 0.6 is 0 Å². The molecule has 4 aliphatic carbocycles. The number of aliphatic hydroxyl groups is 15. The van der Waals surface area contributed by atoms with Crippen molar-refractivity contribution in [2.45, 2.75) is 278 Å². The molecule has 10 rings (SSSR count). The quantitative estimate of drug-likeness (QED) is 0.0680. The molecule has 6 saturated heterocycles. The van der Waals surface area contributed by atoms with Crippen LogP contribution in [0.15, 0.2) is 11.6 Å². The lowest BCUT2D eigenvalue weighted by Crippen LogP contribution is -2.67. The molecule has 26 nitrogen and oxygen atoms in total. The molecule has 26 heteroatoms. The van der Waals surface area contributed by atoms with Crippen molar-refractivity contribution in [3.8, 4) is 0 Å². The molecule has 0 spiro atoms. The Bertz CT molecular complexity index is 2200. The number of aliphatic hydroxyl groups excluding tert-OH is 14. The average Bonchev–Trinajstić information content (AvgIpc) is 2.29. The first-order chi connectivity index (χ1) is 39.2. The standard InChI is InChI=1S/C57H94O26/c1-21(20-73-50-42(67)40(65)37(62)32(18-58)78-50)10-15-57(72)22(2)34-31(83-57)17-30-28-9-8-26-16-27(11-13-55(26,6)29(28)12-14-56(30,34)7)77-54-49(82-52-44(69)39(64)36(61)24(4)75-52)46(71)48(33(19-59)79-54)81-53-45(70)41(66)47(25(5)76-53)80-51-43(68)38(63)35(60)23(3)74-51/h8,21-25,27-54,58-72H,9-20H2,1-7H3/t21-,22+,23+,24+,25+,27+,28?,29?,30?,31+,32-,33-,34+,35+,36+,37-,38-,39-,40+,41+,42-,43-,44-,45-,46+,47+,48-,49-,50-,51-,52-,53-,54-,55+,56+,57-/m1/s1. The number of ether oxygens (including phenoxy) is 11. The van der Waals surface area contributed by atoms with Crippen LogP contribution in [0.4, 0.5) is 0 Å². The fraction of sp³-hybridized carbons (Fsp3) is 0.965. The Hall–Kier alpha value is -1.30. The zero-order valence-corrected chi connectivity index (χ0v) is 48.3. The van der Waals surface area contributed by atoms with E-state index in [1.807, 2.05) is 6.92 Å². The van der Waals surface area contributed by atoms with E-state index in [1.165, 1.54) is 26.3 Å². The molecule has 10 aliphatic rings. The van der Waals surface area contributed by atoms with Crippen LogP contribution in [0.1, 0.15) is 106 Å². The summed E-state index contributed by atoms with van der Waals surface area (Å²) in [4.78, 5) is 0. The maximum absolute atomic E-state index is 12.3. The Morgan fingerprint density at radius 1 is 0.566 bits per heavy atom. The van der Waals surface area contributed by atoms with E-state index in [0.717, 1.165) is 32.1 Å². The number of rotatable bonds is 16. The topological polar surface area (TPSA) is 405 Å². The van der Waals surface area contributed by atoms with Crippen molar-refractivity contribution in [1.82, 2.24) is 0 Å². The highest BCUT2D eigenvalue weighted by Gasteiger charge is 2.68. The van der Waals surface area contributed by atoms with Crippen molar-refractivity contribution in [1.29, 1.82) is 0 Å². The van der Waals surface area contributed by atoms with Gasteiger partial charge < -0.3 is 129 Å². The SMILES string of the molecule is C[C@H](CC[C@@]1(O)O[C@H]2CC3C4CC=C5C[C@@H](O[C@@H]6O[C@H](CO)[C@@H](O[C@H]7O[C@@H](C)[C@H](O[C@H]8O[C@@H](C)[C@H](O)[C@@H](O)[C@H]8O)[C@@H](O)[C@H]7O)[C@H](O)[C@H]6O[C@H]6O[C@@H](C)[C@H](O)[C@@H](O)[C@H]6O)CC[C@]5(C)C4CC[C@]3(C)[C@H]2[C@@H]1C)CO[C@@H]1O[C@H](CO)[C@@H](O)[C@H](O)[C@H]1O. The van der Waals surface area contributed by atoms with Gasteiger partial charge in [-0.2, -0.15) is 0 Å². The molecular formula is C57H94O26. The third-order valence-corrected chi connectivity index (χ3v) is 21.5. The second kappa shape index (κ2) is 25.2. The monoisotopic (exact) mass is 1190 g/mol. The summed E-state index contributed by atoms with van der Waals surface area (Å²) in [6.45, 7) is 12.0. The Morgan fingerprint density at radius 3 is 1.75 bits per heavy atom. The molecule has 0 aromatic rings. The van der Waals surface area contributed by atoms with E-state index >= 15 is 0 Å². The summed E-state index contributed by atoms with van der Waals surface area (Å²) in [7, 11) is 0. The van der Waals surface area contributed by atoms with Crippen LogP contribution < -0.4 is 0 Å². The maximum Gasteiger partial charge on any atom is 0.187 e. The van der Waals surface area contributed by atoms with E-state index in [4.69, 9.17) is 52.1 Å². The minimum Gasteiger partial charge on any atom is -0.394 e. The summed E-state index contributed by atoms with van der Waals surface area (Å²) < 4.78 is 66.7. The highest BCUT2D eigenvalue weighted by atomic mass is 16.8. The van der Waals surface area contributed by atoms with Crippen LogP contribution in [0.3, 0.4) is 0 Å². The molecule has 3 unspecified atom stereocenters. The first-order valence-corrected chi connectivity index (χ1v) is 30.1. The molecule has 478 valence electrons. The fourth-order valence-electron chi connectivity index (χ4n) is 16.4. The average molecular weight is 1200 g/mol. The van der Waals surface area contributed by atoms with Gasteiger partial charge in [-0.25, -0.2) is 0 Å². The number of hydrogen-bond acceptors (Lipinski definition) is 26. The summed E-state index contributed by atoms with van der Waals surface area (Å²) in [6, 6.07) is 0. The van der Waals surface area contributed by atoms with Crippen LogP contribution in [0.5, 0.6) is 0 Å². The third kappa shape index (κ3) is 11.8. The lowest BCUT2D eigenvalue weighted by molar-refractivity contribution is -0.394. The Kier molecular flexibility index (Phi) is 19.6. The minimum absolute atomic E-state index is 0.0864. The first kappa shape index (κ1) is 64.7. The van der Waals surface area contributed by atoms with Gasteiger partial charge in [-0.15, -0.1) is 0 Å². The van der Waals surface area contributed by atoms with Crippen LogP contribution in [0.2, 0.25) is 0 Å². The van der Waals surface area contributed by atoms with Crippen molar-refractivity contribution >= 4 is 0 Å². The van der Waals surface area contributed by atoms with E-state index in [9.17, 15) is 76.6 Å². The molecular weight excluding hydrogens is 1100 g/mol. The van der Waals surface area contributed by atoms with Gasteiger partial charge in [0.05, 0.1) is 50.3 Å². The van der Waals surface area contributed by atoms with Crippen molar-refractivity contribution < 1.29 is 129 Å². The second-order valence-electron chi connectivity index (χ2n) is 26.6. The fourth-order valence-corrected chi connectivity index (χ4v) is 16.4. The van der Waals surface area contributed by atoms with Crippen molar-refractivity contribution in [3.05, 3.63) is 11.6 Å². The third-order valence-electron chi connectivity index (χ3n) is 21.5. The Balaban J connectivity index is 0.786. The van der Waals surface area contributed by atoms with Gasteiger partial charge in [0.1, 0.15) is 104 Å². The molecule has 0 aromatic carbocycles. The van der Waals surface area contributed by atoms with Crippen LogP contribution in [-0.4, -0.2) is 268 Å². The number of fused-ring (bicyclic) bond motifs is 7. The molecule has 0 amide bonds. The lowest BCUT2D eigenvalue weighted by atomic mass is 9.47. The van der Waals surface area contributed by atoms with Crippen LogP contribution in [0, 0.1) is 46.3 Å². The molecule has 83 heavy (non-hydrogen) atoms. The molecule has 9 fully saturated rings. The zero-order chi connectivity index (χ0) is 60.1. The molecule has 36 atom stereocenters. The van der Waals surface area contributed by atoms with E-state index < -0.39 is 179 Å². The summed E-state index contributed by atoms with van der Waals surface area (Å²) >= 11 is 0. The lowest BCUT2D eigenvalue weighted by Gasteiger charge is -2.58. The second-order valence-corrected chi connectivity index (χ2v) is 26.6. The van der Waals surface area contributed by atoms with Crippen molar-refractivity contribution in [2.24, 2.45) is 46.3 Å². The molecule has 6 aliphatic heterocycles. The molecule has 0 radical (unpaired) electrons. The zero-order valence-electron chi connectivity index (χ0n) is 48.3. The van der Waals surface area contributed by atoms with E-state index in [-0.39, 0.29) is 41.3 Å². The van der Waals surface area contributed by atoms with Crippen molar-refractivity contribution in [2.75, 3.05) is 19.8 Å². The Morgan fingerprint density at radius 2 is 1.12 bits per heavy atom. The summed E-state index contributed by atoms with van der Waals surface area (Å²) in [5, 5.41) is 162. The van der Waals surface area contributed by atoms with Gasteiger partial charge in [0.25, 0.3) is 0 Å². The molecule has 0 aromatic heterocycles. The summed E-state index contributed by atoms with van der Waals surface area (Å²) in [5.74, 6) is -0.409. The summed E-state index contributed by atoms with van der Waals surface area (Å²) in [6.07, 6.45) is -29.2. The smallest absolute Gasteiger partial charge is 0.187 e. The van der Waals surface area contributed by atoms with E-state index in [1.54, 1.807) is 0 Å². The largest absolute Gasteiger partial charge is 0.394 e. The van der Waals surface area contributed by atoms with Gasteiger partial charge in [-0.3, -0.25) is 0 Å². The van der Waals surface area contributed by atoms with Gasteiger partial charge >= 0.3 is 0 Å². The van der Waals surface area contributed by atoms with E-state index in [2.05, 4.69) is 26.8 Å². The van der Waals surface area contributed by atoms with Gasteiger partial charge in [0, 0.05) is 12.3 Å².